The van der Waals surface area contributed by atoms with Crippen LogP contribution >= 0.6 is 0 Å². The maximum atomic E-state index is 5.08. The summed E-state index contributed by atoms with van der Waals surface area (Å²) in [6.45, 7) is 3.99. The highest BCUT2D eigenvalue weighted by Crippen LogP contribution is 2.16. The first-order valence-electron chi connectivity index (χ1n) is 5.86. The first kappa shape index (κ1) is 13.1. The maximum Gasteiger partial charge on any atom is 0.0753 e. The number of hydrogen-bond donors (Lipinski definition) is 1. The Morgan fingerprint density at radius 3 is 2.94 bits per heavy atom. The Morgan fingerprint density at radius 1 is 1.56 bits per heavy atom. The first-order chi connectivity index (χ1) is 7.79. The van der Waals surface area contributed by atoms with Gasteiger partial charge in [-0.1, -0.05) is 12.1 Å². The van der Waals surface area contributed by atoms with Crippen LogP contribution in [0.4, 0.5) is 0 Å². The van der Waals surface area contributed by atoms with Crippen LogP contribution < -0.4 is 5.32 Å². The summed E-state index contributed by atoms with van der Waals surface area (Å²) in [7, 11) is 3.67. The number of nitrogens with zero attached hydrogens (tertiary/aromatic N) is 3. The molecular formula is C11H22N4O. The van der Waals surface area contributed by atoms with Gasteiger partial charge in [0.2, 0.25) is 0 Å². The van der Waals surface area contributed by atoms with Crippen molar-refractivity contribution in [3.8, 4) is 0 Å². The highest BCUT2D eigenvalue weighted by Gasteiger charge is 2.14. The zero-order chi connectivity index (χ0) is 11.8. The molecule has 0 aliphatic carbocycles. The zero-order valence-electron chi connectivity index (χ0n) is 10.4. The molecule has 92 valence electrons. The summed E-state index contributed by atoms with van der Waals surface area (Å²) < 4.78 is 6.91. The number of aromatic nitrogens is 3. The minimum absolute atomic E-state index is 0.329. The summed E-state index contributed by atoms with van der Waals surface area (Å²) >= 11 is 0. The van der Waals surface area contributed by atoms with Crippen LogP contribution in [0.25, 0.3) is 0 Å². The molecule has 1 unspecified atom stereocenters. The lowest BCUT2D eigenvalue weighted by Crippen LogP contribution is -2.24. The van der Waals surface area contributed by atoms with Gasteiger partial charge in [-0.25, -0.2) is 0 Å². The SMILES string of the molecule is CCCNC(CCCOC)c1cnnn1C. The van der Waals surface area contributed by atoms with Gasteiger partial charge in [-0.3, -0.25) is 4.68 Å². The van der Waals surface area contributed by atoms with E-state index in [0.29, 0.717) is 6.04 Å². The average Bonchev–Trinajstić information content (AvgIpc) is 2.70. The van der Waals surface area contributed by atoms with Gasteiger partial charge in [0.1, 0.15) is 0 Å². The number of aryl methyl sites for hydroxylation is 1. The second-order valence-electron chi connectivity index (χ2n) is 3.92. The summed E-state index contributed by atoms with van der Waals surface area (Å²) in [6, 6.07) is 0.329. The summed E-state index contributed by atoms with van der Waals surface area (Å²) in [4.78, 5) is 0. The molecule has 0 bridgehead atoms. The Hall–Kier alpha value is -0.940. The van der Waals surface area contributed by atoms with Gasteiger partial charge in [0.15, 0.2) is 0 Å². The molecule has 16 heavy (non-hydrogen) atoms. The van der Waals surface area contributed by atoms with Gasteiger partial charge in [0.05, 0.1) is 17.9 Å². The number of rotatable bonds is 8. The number of hydrogen-bond acceptors (Lipinski definition) is 4. The minimum atomic E-state index is 0.329. The predicted octanol–water partition coefficient (Wildman–Crippen LogP) is 1.28. The number of nitrogens with one attached hydrogen (secondary N) is 1. The maximum absolute atomic E-state index is 5.08. The molecule has 1 aromatic heterocycles. The van der Waals surface area contributed by atoms with E-state index in [2.05, 4.69) is 22.6 Å². The smallest absolute Gasteiger partial charge is 0.0753 e. The van der Waals surface area contributed by atoms with Crippen molar-refractivity contribution in [2.24, 2.45) is 7.05 Å². The van der Waals surface area contributed by atoms with E-state index in [0.717, 1.165) is 38.1 Å². The molecule has 5 heteroatoms. The quantitative estimate of drug-likeness (QED) is 0.678. The molecule has 0 aliphatic rings. The number of methoxy groups -OCH3 is 1. The van der Waals surface area contributed by atoms with Crippen LogP contribution in [-0.4, -0.2) is 35.3 Å². The van der Waals surface area contributed by atoms with E-state index in [1.165, 1.54) is 0 Å². The van der Waals surface area contributed by atoms with Crippen molar-refractivity contribution in [1.82, 2.24) is 20.3 Å². The first-order valence-corrected chi connectivity index (χ1v) is 5.86. The molecular weight excluding hydrogens is 204 g/mol. The van der Waals surface area contributed by atoms with Crippen LogP contribution in [0, 0.1) is 0 Å². The lowest BCUT2D eigenvalue weighted by atomic mass is 10.1. The predicted molar refractivity (Wildman–Crippen MR) is 63.1 cm³/mol. The molecule has 1 N–H and O–H groups in total. The van der Waals surface area contributed by atoms with Gasteiger partial charge < -0.3 is 10.1 Å². The summed E-state index contributed by atoms with van der Waals surface area (Å²) in [5.41, 5.74) is 1.14. The average molecular weight is 226 g/mol. The standard InChI is InChI=1S/C11H22N4O/c1-4-7-12-10(6-5-8-16-3)11-9-13-14-15(11)2/h9-10,12H,4-8H2,1-3H3. The molecule has 0 saturated carbocycles. The van der Waals surface area contributed by atoms with E-state index in [9.17, 15) is 0 Å². The highest BCUT2D eigenvalue weighted by molar-refractivity contribution is 5.01. The van der Waals surface area contributed by atoms with E-state index in [1.807, 2.05) is 17.9 Å². The molecule has 0 radical (unpaired) electrons. The third-order valence-electron chi connectivity index (χ3n) is 2.59. The van der Waals surface area contributed by atoms with E-state index < -0.39 is 0 Å². The van der Waals surface area contributed by atoms with Crippen molar-refractivity contribution < 1.29 is 4.74 Å². The van der Waals surface area contributed by atoms with Crippen molar-refractivity contribution >= 4 is 0 Å². The molecule has 0 saturated heterocycles. The van der Waals surface area contributed by atoms with E-state index in [-0.39, 0.29) is 0 Å². The van der Waals surface area contributed by atoms with E-state index in [1.54, 1.807) is 7.11 Å². The topological polar surface area (TPSA) is 52.0 Å². The Kier molecular flexibility index (Phi) is 6.03. The molecule has 0 amide bonds. The lowest BCUT2D eigenvalue weighted by Gasteiger charge is -2.17. The monoisotopic (exact) mass is 226 g/mol. The third kappa shape index (κ3) is 3.90. The fourth-order valence-electron chi connectivity index (χ4n) is 1.72. The molecule has 0 aliphatic heterocycles. The van der Waals surface area contributed by atoms with Crippen molar-refractivity contribution in [3.05, 3.63) is 11.9 Å². The Morgan fingerprint density at radius 2 is 2.38 bits per heavy atom. The lowest BCUT2D eigenvalue weighted by molar-refractivity contribution is 0.188. The molecule has 1 atom stereocenters. The normalized spacial score (nSPS) is 12.9. The van der Waals surface area contributed by atoms with Crippen LogP contribution in [0.1, 0.15) is 37.9 Å². The van der Waals surface area contributed by atoms with Crippen LogP contribution in [-0.2, 0) is 11.8 Å². The molecule has 1 heterocycles. The van der Waals surface area contributed by atoms with Crippen LogP contribution in [0.2, 0.25) is 0 Å². The summed E-state index contributed by atoms with van der Waals surface area (Å²) in [5, 5.41) is 11.4. The minimum Gasteiger partial charge on any atom is -0.385 e. The fraction of sp³-hybridized carbons (Fsp3) is 0.818. The van der Waals surface area contributed by atoms with E-state index >= 15 is 0 Å². The van der Waals surface area contributed by atoms with E-state index in [4.69, 9.17) is 4.74 Å². The van der Waals surface area contributed by atoms with Crippen molar-refractivity contribution in [2.75, 3.05) is 20.3 Å². The second kappa shape index (κ2) is 7.35. The molecule has 1 rings (SSSR count). The highest BCUT2D eigenvalue weighted by atomic mass is 16.5. The van der Waals surface area contributed by atoms with Crippen LogP contribution in [0.5, 0.6) is 0 Å². The van der Waals surface area contributed by atoms with Gasteiger partial charge in [0.25, 0.3) is 0 Å². The zero-order valence-corrected chi connectivity index (χ0v) is 10.4. The van der Waals surface area contributed by atoms with Gasteiger partial charge in [-0.2, -0.15) is 0 Å². The number of ether oxygens (including phenoxy) is 1. The molecule has 0 fully saturated rings. The van der Waals surface area contributed by atoms with Crippen molar-refractivity contribution in [2.45, 2.75) is 32.2 Å². The second-order valence-corrected chi connectivity index (χ2v) is 3.92. The Bertz CT molecular complexity index is 287. The van der Waals surface area contributed by atoms with Gasteiger partial charge in [0, 0.05) is 20.8 Å². The van der Waals surface area contributed by atoms with Gasteiger partial charge in [-0.15, -0.1) is 5.10 Å². The van der Waals surface area contributed by atoms with Gasteiger partial charge >= 0.3 is 0 Å². The van der Waals surface area contributed by atoms with Crippen LogP contribution in [0.3, 0.4) is 0 Å². The summed E-state index contributed by atoms with van der Waals surface area (Å²) in [5.74, 6) is 0. The molecule has 0 aromatic carbocycles. The molecule has 0 spiro atoms. The van der Waals surface area contributed by atoms with Crippen molar-refractivity contribution in [1.29, 1.82) is 0 Å². The van der Waals surface area contributed by atoms with Crippen LogP contribution in [0.15, 0.2) is 6.20 Å². The fourth-order valence-corrected chi connectivity index (χ4v) is 1.72. The summed E-state index contributed by atoms with van der Waals surface area (Å²) in [6.07, 6.45) is 5.06. The third-order valence-corrected chi connectivity index (χ3v) is 2.59. The Labute approximate surface area is 97.2 Å². The Balaban J connectivity index is 2.53. The van der Waals surface area contributed by atoms with Crippen molar-refractivity contribution in [3.63, 3.8) is 0 Å². The molecule has 5 nitrogen and oxygen atoms in total. The largest absolute Gasteiger partial charge is 0.385 e. The van der Waals surface area contributed by atoms with Gasteiger partial charge in [-0.05, 0) is 25.8 Å². The molecule has 1 aromatic rings.